The molecule has 0 fully saturated rings. The van der Waals surface area contributed by atoms with Crippen LogP contribution in [0.3, 0.4) is 0 Å². The van der Waals surface area contributed by atoms with E-state index in [0.29, 0.717) is 6.54 Å². The fourth-order valence-electron chi connectivity index (χ4n) is 2.22. The van der Waals surface area contributed by atoms with Crippen LogP contribution in [0, 0.1) is 0 Å². The number of nitrogens with zero attached hydrogens (tertiary/aromatic N) is 1. The Morgan fingerprint density at radius 1 is 1.18 bits per heavy atom. The second kappa shape index (κ2) is 8.91. The Kier molecular flexibility index (Phi) is 6.12. The van der Waals surface area contributed by atoms with Crippen molar-refractivity contribution in [3.63, 3.8) is 0 Å². The number of H-pyrrole nitrogens is 1. The standard InChI is InChI=1S/C18H17N5O4S/c19-15-14(21-16(25)12-7-4-8-27-12)17(26)23-18(22-15)28-10-13(24)20-9-11-5-2-1-3-6-11/h1-8H,9-10H2,(H,20,24)(H,21,25)(H3,19,22,23,26). The highest BCUT2D eigenvalue weighted by Crippen LogP contribution is 2.17. The summed E-state index contributed by atoms with van der Waals surface area (Å²) in [5.74, 6) is -0.911. The van der Waals surface area contributed by atoms with E-state index in [0.717, 1.165) is 17.3 Å². The zero-order valence-electron chi connectivity index (χ0n) is 14.6. The van der Waals surface area contributed by atoms with Crippen LogP contribution in [0.25, 0.3) is 0 Å². The van der Waals surface area contributed by atoms with Crippen LogP contribution in [0.4, 0.5) is 11.5 Å². The van der Waals surface area contributed by atoms with Gasteiger partial charge in [0.05, 0.1) is 12.0 Å². The molecule has 28 heavy (non-hydrogen) atoms. The fourth-order valence-corrected chi connectivity index (χ4v) is 2.92. The number of nitrogen functional groups attached to an aromatic ring is 1. The van der Waals surface area contributed by atoms with E-state index in [-0.39, 0.29) is 34.1 Å². The van der Waals surface area contributed by atoms with Gasteiger partial charge >= 0.3 is 0 Å². The molecule has 9 nitrogen and oxygen atoms in total. The Morgan fingerprint density at radius 2 is 1.96 bits per heavy atom. The summed E-state index contributed by atoms with van der Waals surface area (Å²) in [5, 5.41) is 5.31. The lowest BCUT2D eigenvalue weighted by Crippen LogP contribution is -2.25. The lowest BCUT2D eigenvalue weighted by atomic mass is 10.2. The smallest absolute Gasteiger partial charge is 0.291 e. The molecule has 10 heteroatoms. The average molecular weight is 399 g/mol. The summed E-state index contributed by atoms with van der Waals surface area (Å²) in [6.07, 6.45) is 1.34. The highest BCUT2D eigenvalue weighted by Gasteiger charge is 2.16. The van der Waals surface area contributed by atoms with Crippen LogP contribution in [0.5, 0.6) is 0 Å². The van der Waals surface area contributed by atoms with Crippen LogP contribution in [-0.2, 0) is 11.3 Å². The molecule has 3 rings (SSSR count). The van der Waals surface area contributed by atoms with E-state index >= 15 is 0 Å². The molecule has 0 bridgehead atoms. The first-order valence-corrected chi connectivity index (χ1v) is 9.19. The summed E-state index contributed by atoms with van der Waals surface area (Å²) in [5.41, 5.74) is 5.95. The number of hydrogen-bond acceptors (Lipinski definition) is 7. The number of carbonyl (C=O) groups excluding carboxylic acids is 2. The third-order valence-corrected chi connectivity index (χ3v) is 4.45. The number of anilines is 2. The number of hydrogen-bond donors (Lipinski definition) is 4. The minimum atomic E-state index is -0.625. The number of amides is 2. The Morgan fingerprint density at radius 3 is 2.64 bits per heavy atom. The van der Waals surface area contributed by atoms with E-state index in [9.17, 15) is 14.4 Å². The molecule has 2 amide bonds. The molecule has 0 aliphatic heterocycles. The van der Waals surface area contributed by atoms with E-state index in [2.05, 4.69) is 20.6 Å². The van der Waals surface area contributed by atoms with Crippen molar-refractivity contribution in [1.29, 1.82) is 0 Å². The van der Waals surface area contributed by atoms with Crippen molar-refractivity contribution >= 4 is 35.1 Å². The number of benzene rings is 1. The van der Waals surface area contributed by atoms with Gasteiger partial charge in [0.2, 0.25) is 5.91 Å². The number of aromatic nitrogens is 2. The number of rotatable bonds is 7. The zero-order chi connectivity index (χ0) is 19.9. The second-order valence-corrected chi connectivity index (χ2v) is 6.58. The molecule has 2 heterocycles. The maximum Gasteiger partial charge on any atom is 0.291 e. The lowest BCUT2D eigenvalue weighted by molar-refractivity contribution is -0.118. The van der Waals surface area contributed by atoms with Gasteiger partial charge < -0.3 is 20.8 Å². The quantitative estimate of drug-likeness (QED) is 0.349. The third-order valence-electron chi connectivity index (χ3n) is 3.58. The van der Waals surface area contributed by atoms with Crippen molar-refractivity contribution in [2.24, 2.45) is 0 Å². The van der Waals surface area contributed by atoms with E-state index in [1.54, 1.807) is 6.07 Å². The SMILES string of the molecule is Nc1nc(SCC(=O)NCc2ccccc2)[nH]c(=O)c1NC(=O)c1ccco1. The van der Waals surface area contributed by atoms with E-state index in [4.69, 9.17) is 10.2 Å². The molecular formula is C18H17N5O4S. The normalized spacial score (nSPS) is 10.4. The van der Waals surface area contributed by atoms with Crippen molar-refractivity contribution in [2.45, 2.75) is 11.7 Å². The number of thioether (sulfide) groups is 1. The van der Waals surface area contributed by atoms with Gasteiger partial charge in [0.15, 0.2) is 22.4 Å². The van der Waals surface area contributed by atoms with Gasteiger partial charge in [0.25, 0.3) is 11.5 Å². The van der Waals surface area contributed by atoms with Crippen LogP contribution < -0.4 is 21.9 Å². The fraction of sp³-hybridized carbons (Fsp3) is 0.111. The zero-order valence-corrected chi connectivity index (χ0v) is 15.4. The van der Waals surface area contributed by atoms with Crippen LogP contribution >= 0.6 is 11.8 Å². The van der Waals surface area contributed by atoms with Gasteiger partial charge in [0.1, 0.15) is 0 Å². The van der Waals surface area contributed by atoms with E-state index < -0.39 is 11.5 Å². The third kappa shape index (κ3) is 5.01. The summed E-state index contributed by atoms with van der Waals surface area (Å²) < 4.78 is 4.96. The van der Waals surface area contributed by atoms with E-state index in [1.807, 2.05) is 30.3 Å². The van der Waals surface area contributed by atoms with Crippen molar-refractivity contribution in [3.05, 3.63) is 70.4 Å². The molecule has 2 aromatic heterocycles. The van der Waals surface area contributed by atoms with Crippen molar-refractivity contribution in [3.8, 4) is 0 Å². The highest BCUT2D eigenvalue weighted by atomic mass is 32.2. The Balaban J connectivity index is 1.57. The molecular weight excluding hydrogens is 382 g/mol. The lowest BCUT2D eigenvalue weighted by Gasteiger charge is -2.08. The molecule has 0 saturated heterocycles. The van der Waals surface area contributed by atoms with Crippen molar-refractivity contribution in [2.75, 3.05) is 16.8 Å². The van der Waals surface area contributed by atoms with Gasteiger partial charge in [-0.25, -0.2) is 4.98 Å². The molecule has 0 radical (unpaired) electrons. The Labute approximate surface area is 163 Å². The maximum atomic E-state index is 12.2. The molecule has 0 atom stereocenters. The molecule has 1 aromatic carbocycles. The second-order valence-electron chi connectivity index (χ2n) is 5.61. The summed E-state index contributed by atoms with van der Waals surface area (Å²) in [4.78, 5) is 42.6. The van der Waals surface area contributed by atoms with E-state index in [1.165, 1.54) is 12.3 Å². The average Bonchev–Trinajstić information content (AvgIpc) is 3.23. The van der Waals surface area contributed by atoms with Gasteiger partial charge in [-0.3, -0.25) is 19.4 Å². The summed E-state index contributed by atoms with van der Waals surface area (Å²) in [6, 6.07) is 12.5. The predicted octanol–water partition coefficient (Wildman–Crippen LogP) is 1.61. The van der Waals surface area contributed by atoms with Crippen molar-refractivity contribution in [1.82, 2.24) is 15.3 Å². The van der Waals surface area contributed by atoms with Crippen LogP contribution in [0.2, 0.25) is 0 Å². The van der Waals surface area contributed by atoms with Crippen molar-refractivity contribution < 1.29 is 14.0 Å². The topological polar surface area (TPSA) is 143 Å². The molecule has 5 N–H and O–H groups in total. The number of aromatic amines is 1. The molecule has 0 spiro atoms. The Bertz CT molecular complexity index is 1020. The van der Waals surface area contributed by atoms with Crippen LogP contribution in [-0.4, -0.2) is 27.5 Å². The first kappa shape index (κ1) is 19.2. The van der Waals surface area contributed by atoms with Gasteiger partial charge in [-0.05, 0) is 17.7 Å². The number of carbonyl (C=O) groups is 2. The van der Waals surface area contributed by atoms with Gasteiger partial charge in [-0.15, -0.1) is 0 Å². The monoisotopic (exact) mass is 399 g/mol. The molecule has 0 saturated carbocycles. The minimum absolute atomic E-state index is 0.0346. The highest BCUT2D eigenvalue weighted by molar-refractivity contribution is 7.99. The molecule has 0 aliphatic carbocycles. The van der Waals surface area contributed by atoms with Crippen LogP contribution in [0.15, 0.2) is 63.1 Å². The number of nitrogens with one attached hydrogen (secondary N) is 3. The number of furan rings is 1. The maximum absolute atomic E-state index is 12.2. The molecule has 0 aliphatic rings. The summed E-state index contributed by atoms with van der Waals surface area (Å²) in [7, 11) is 0. The first-order valence-electron chi connectivity index (χ1n) is 8.21. The number of nitrogens with two attached hydrogens (primary N) is 1. The molecule has 144 valence electrons. The van der Waals surface area contributed by atoms with Gasteiger partial charge in [-0.2, -0.15) is 0 Å². The summed E-state index contributed by atoms with van der Waals surface area (Å²) >= 11 is 1.03. The largest absolute Gasteiger partial charge is 0.459 e. The molecule has 0 unspecified atom stereocenters. The van der Waals surface area contributed by atoms with Crippen LogP contribution in [0.1, 0.15) is 16.1 Å². The summed E-state index contributed by atoms with van der Waals surface area (Å²) in [6.45, 7) is 0.407. The Hall–Kier alpha value is -3.53. The first-order chi connectivity index (χ1) is 13.5. The predicted molar refractivity (Wildman–Crippen MR) is 105 cm³/mol. The molecule has 3 aromatic rings. The van der Waals surface area contributed by atoms with Gasteiger partial charge in [-0.1, -0.05) is 42.1 Å². The minimum Gasteiger partial charge on any atom is -0.459 e. The van der Waals surface area contributed by atoms with Gasteiger partial charge in [0, 0.05) is 6.54 Å².